The molecule has 2 rings (SSSR count). The Labute approximate surface area is 129 Å². The average Bonchev–Trinajstić information content (AvgIpc) is 3.26. The van der Waals surface area contributed by atoms with Crippen molar-refractivity contribution in [2.24, 2.45) is 5.92 Å². The summed E-state index contributed by atoms with van der Waals surface area (Å²) in [5.41, 5.74) is 0.622. The van der Waals surface area contributed by atoms with Crippen molar-refractivity contribution in [2.75, 3.05) is 20.2 Å². The number of aliphatic hydroxyl groups excluding tert-OH is 1. The fourth-order valence-corrected chi connectivity index (χ4v) is 2.48. The van der Waals surface area contributed by atoms with E-state index in [9.17, 15) is 13.9 Å². The summed E-state index contributed by atoms with van der Waals surface area (Å²) in [5, 5.41) is 9.97. The van der Waals surface area contributed by atoms with Crippen molar-refractivity contribution < 1.29 is 23.4 Å². The summed E-state index contributed by atoms with van der Waals surface area (Å²) >= 11 is 0. The minimum atomic E-state index is -2.90. The second-order valence-corrected chi connectivity index (χ2v) is 5.66. The molecule has 1 saturated carbocycles. The summed E-state index contributed by atoms with van der Waals surface area (Å²) in [5.74, 6) is 0.776. The minimum Gasteiger partial charge on any atom is -0.490 e. The normalized spacial score (nSPS) is 16.1. The van der Waals surface area contributed by atoms with E-state index in [0.717, 1.165) is 12.8 Å². The first-order chi connectivity index (χ1) is 10.5. The number of halogens is 2. The second-order valence-electron chi connectivity index (χ2n) is 5.66. The van der Waals surface area contributed by atoms with Gasteiger partial charge in [0.05, 0.1) is 12.7 Å². The molecule has 1 aromatic rings. The Morgan fingerprint density at radius 3 is 2.68 bits per heavy atom. The standard InChI is InChI=1S/C16H23F2NO3/c1-3-21-14-6-4-5-12(15(14)22-16(17)18)9-19(2)10-13(20)11-7-8-11/h4-6,11,13,16,20H,3,7-10H2,1-2H3. The number of hydrogen-bond donors (Lipinski definition) is 1. The molecule has 124 valence electrons. The molecule has 0 aliphatic heterocycles. The van der Waals surface area contributed by atoms with Crippen molar-refractivity contribution in [3.05, 3.63) is 23.8 Å². The van der Waals surface area contributed by atoms with Crippen LogP contribution in [-0.4, -0.2) is 42.9 Å². The Hall–Kier alpha value is -1.40. The number of alkyl halides is 2. The molecule has 0 amide bonds. The summed E-state index contributed by atoms with van der Waals surface area (Å²) in [7, 11) is 1.85. The Bertz CT molecular complexity index is 480. The summed E-state index contributed by atoms with van der Waals surface area (Å²) in [4.78, 5) is 1.91. The summed E-state index contributed by atoms with van der Waals surface area (Å²) in [6.07, 6.45) is 1.77. The van der Waals surface area contributed by atoms with E-state index in [1.165, 1.54) is 0 Å². The molecule has 0 saturated heterocycles. The van der Waals surface area contributed by atoms with Crippen LogP contribution in [0.2, 0.25) is 0 Å². The van der Waals surface area contributed by atoms with E-state index in [2.05, 4.69) is 4.74 Å². The van der Waals surface area contributed by atoms with Crippen LogP contribution in [0.25, 0.3) is 0 Å². The SMILES string of the molecule is CCOc1cccc(CN(C)CC(O)C2CC2)c1OC(F)F. The van der Waals surface area contributed by atoms with Crippen molar-refractivity contribution in [2.45, 2.75) is 39.0 Å². The van der Waals surface area contributed by atoms with Gasteiger partial charge in [-0.15, -0.1) is 0 Å². The summed E-state index contributed by atoms with van der Waals surface area (Å²) in [6, 6.07) is 5.10. The van der Waals surface area contributed by atoms with Gasteiger partial charge in [-0.3, -0.25) is 4.90 Å². The van der Waals surface area contributed by atoms with Gasteiger partial charge in [0.2, 0.25) is 0 Å². The van der Waals surface area contributed by atoms with Gasteiger partial charge in [-0.1, -0.05) is 12.1 Å². The monoisotopic (exact) mass is 315 g/mol. The molecule has 1 atom stereocenters. The van der Waals surface area contributed by atoms with E-state index in [-0.39, 0.29) is 11.9 Å². The van der Waals surface area contributed by atoms with Gasteiger partial charge < -0.3 is 14.6 Å². The molecule has 1 N–H and O–H groups in total. The average molecular weight is 315 g/mol. The zero-order valence-corrected chi connectivity index (χ0v) is 13.0. The highest BCUT2D eigenvalue weighted by Crippen LogP contribution is 2.35. The highest BCUT2D eigenvalue weighted by molar-refractivity contribution is 5.46. The van der Waals surface area contributed by atoms with Crippen molar-refractivity contribution in [1.29, 1.82) is 0 Å². The first kappa shape index (κ1) is 17.0. The molecule has 6 heteroatoms. The van der Waals surface area contributed by atoms with Crippen LogP contribution in [0.15, 0.2) is 18.2 Å². The molecule has 4 nitrogen and oxygen atoms in total. The van der Waals surface area contributed by atoms with E-state index >= 15 is 0 Å². The van der Waals surface area contributed by atoms with Gasteiger partial charge in [-0.2, -0.15) is 8.78 Å². The smallest absolute Gasteiger partial charge is 0.387 e. The predicted octanol–water partition coefficient (Wildman–Crippen LogP) is 2.89. The maximum Gasteiger partial charge on any atom is 0.387 e. The topological polar surface area (TPSA) is 41.9 Å². The molecule has 1 aliphatic carbocycles. The third-order valence-corrected chi connectivity index (χ3v) is 3.67. The van der Waals surface area contributed by atoms with E-state index in [1.54, 1.807) is 25.1 Å². The van der Waals surface area contributed by atoms with Crippen LogP contribution in [0.3, 0.4) is 0 Å². The molecule has 0 heterocycles. The van der Waals surface area contributed by atoms with Crippen LogP contribution in [0.1, 0.15) is 25.3 Å². The van der Waals surface area contributed by atoms with Crippen LogP contribution in [-0.2, 0) is 6.54 Å². The molecular formula is C16H23F2NO3. The van der Waals surface area contributed by atoms with Gasteiger partial charge in [0, 0.05) is 18.7 Å². The first-order valence-electron chi connectivity index (χ1n) is 7.57. The fourth-order valence-electron chi connectivity index (χ4n) is 2.48. The fraction of sp³-hybridized carbons (Fsp3) is 0.625. The van der Waals surface area contributed by atoms with Crippen LogP contribution < -0.4 is 9.47 Å². The zero-order valence-electron chi connectivity index (χ0n) is 13.0. The largest absolute Gasteiger partial charge is 0.490 e. The third kappa shape index (κ3) is 4.81. The number of rotatable bonds is 9. The molecule has 0 spiro atoms. The summed E-state index contributed by atoms with van der Waals surface area (Å²) < 4.78 is 35.3. The molecule has 1 aromatic carbocycles. The van der Waals surface area contributed by atoms with Gasteiger partial charge in [-0.25, -0.2) is 0 Å². The van der Waals surface area contributed by atoms with Crippen molar-refractivity contribution in [3.8, 4) is 11.5 Å². The number of nitrogens with zero attached hydrogens (tertiary/aromatic N) is 1. The number of ether oxygens (including phenoxy) is 2. The summed E-state index contributed by atoms with van der Waals surface area (Å²) in [6.45, 7) is 0.184. The van der Waals surface area contributed by atoms with E-state index in [1.807, 2.05) is 11.9 Å². The second kappa shape index (κ2) is 7.74. The molecule has 22 heavy (non-hydrogen) atoms. The zero-order chi connectivity index (χ0) is 16.1. The molecule has 0 radical (unpaired) electrons. The maximum atomic E-state index is 12.7. The third-order valence-electron chi connectivity index (χ3n) is 3.67. The lowest BCUT2D eigenvalue weighted by Crippen LogP contribution is -2.30. The quantitative estimate of drug-likeness (QED) is 0.761. The van der Waals surface area contributed by atoms with Gasteiger partial charge in [0.1, 0.15) is 0 Å². The van der Waals surface area contributed by atoms with E-state index in [4.69, 9.17) is 4.74 Å². The van der Waals surface area contributed by atoms with Gasteiger partial charge in [-0.05, 0) is 38.8 Å². The van der Waals surface area contributed by atoms with Gasteiger partial charge in [0.25, 0.3) is 0 Å². The minimum absolute atomic E-state index is 0.0760. The Morgan fingerprint density at radius 1 is 1.36 bits per heavy atom. The lowest BCUT2D eigenvalue weighted by atomic mass is 10.1. The Balaban J connectivity index is 2.08. The lowest BCUT2D eigenvalue weighted by molar-refractivity contribution is -0.0524. The number of hydrogen-bond acceptors (Lipinski definition) is 4. The molecular weight excluding hydrogens is 292 g/mol. The van der Waals surface area contributed by atoms with E-state index in [0.29, 0.717) is 36.9 Å². The maximum absolute atomic E-state index is 12.7. The Kier molecular flexibility index (Phi) is 5.97. The van der Waals surface area contributed by atoms with Crippen LogP contribution in [0, 0.1) is 5.92 Å². The molecule has 0 bridgehead atoms. The predicted molar refractivity (Wildman–Crippen MR) is 79.3 cm³/mol. The molecule has 1 aliphatic rings. The van der Waals surface area contributed by atoms with E-state index < -0.39 is 6.61 Å². The van der Waals surface area contributed by atoms with Crippen molar-refractivity contribution in [3.63, 3.8) is 0 Å². The van der Waals surface area contributed by atoms with Crippen molar-refractivity contribution in [1.82, 2.24) is 4.90 Å². The van der Waals surface area contributed by atoms with Crippen LogP contribution in [0.4, 0.5) is 8.78 Å². The molecule has 0 aromatic heterocycles. The van der Waals surface area contributed by atoms with Crippen LogP contribution in [0.5, 0.6) is 11.5 Å². The number of aliphatic hydroxyl groups is 1. The first-order valence-corrected chi connectivity index (χ1v) is 7.57. The van der Waals surface area contributed by atoms with Crippen molar-refractivity contribution >= 4 is 0 Å². The number of para-hydroxylation sites is 1. The molecule has 1 unspecified atom stereocenters. The van der Waals surface area contributed by atoms with Crippen LogP contribution >= 0.6 is 0 Å². The molecule has 1 fully saturated rings. The van der Waals surface area contributed by atoms with Gasteiger partial charge in [0.15, 0.2) is 11.5 Å². The lowest BCUT2D eigenvalue weighted by Gasteiger charge is -2.22. The van der Waals surface area contributed by atoms with Gasteiger partial charge >= 0.3 is 6.61 Å². The highest BCUT2D eigenvalue weighted by Gasteiger charge is 2.30. The number of benzene rings is 1. The Morgan fingerprint density at radius 2 is 2.09 bits per heavy atom. The highest BCUT2D eigenvalue weighted by atomic mass is 19.3. The number of likely N-dealkylation sites (N-methyl/N-ethyl adjacent to an activating group) is 1.